The molecule has 1 aromatic heterocycles. The van der Waals surface area contributed by atoms with Crippen LogP contribution in [-0.2, 0) is 16.0 Å². The van der Waals surface area contributed by atoms with Gasteiger partial charge in [-0.3, -0.25) is 0 Å². The number of hydrogen-bond donors (Lipinski definition) is 0. The lowest BCUT2D eigenvalue weighted by atomic mass is 10.3. The monoisotopic (exact) mass is 359 g/mol. The summed E-state index contributed by atoms with van der Waals surface area (Å²) in [6.45, 7) is 1.68. The highest BCUT2D eigenvalue weighted by Crippen LogP contribution is 2.23. The maximum Gasteiger partial charge on any atom is 0.170 e. The molecule has 1 rings (SSSR count). The molecule has 0 aliphatic carbocycles. The van der Waals surface area contributed by atoms with Gasteiger partial charge in [0.2, 0.25) is 0 Å². The summed E-state index contributed by atoms with van der Waals surface area (Å²) < 4.78 is 12.6. The van der Waals surface area contributed by atoms with Crippen LogP contribution in [0.4, 0.5) is 0 Å². The molecule has 15 heavy (non-hydrogen) atoms. The summed E-state index contributed by atoms with van der Waals surface area (Å²) in [4.78, 5) is 0. The van der Waals surface area contributed by atoms with Crippen LogP contribution >= 0.6 is 41.7 Å². The van der Waals surface area contributed by atoms with Crippen molar-refractivity contribution < 1.29 is 9.47 Å². The first-order valence-corrected chi connectivity index (χ1v) is 8.66. The largest absolute Gasteiger partial charge is 0.355 e. The Morgan fingerprint density at radius 2 is 2.27 bits per heavy atom. The fourth-order valence-corrected chi connectivity index (χ4v) is 3.05. The Morgan fingerprint density at radius 1 is 1.53 bits per heavy atom. The molecular formula is C9H14INO2S2. The van der Waals surface area contributed by atoms with Crippen molar-refractivity contribution in [1.29, 1.82) is 0 Å². The Hall–Kier alpha value is 0.660. The number of nitrogens with zero attached hydrogens (tertiary/aromatic N) is 1. The van der Waals surface area contributed by atoms with Crippen molar-refractivity contribution in [3.8, 4) is 0 Å². The molecule has 0 aliphatic rings. The van der Waals surface area contributed by atoms with E-state index in [1.165, 1.54) is 5.56 Å². The average Bonchev–Trinajstić information content (AvgIpc) is 2.76. The summed E-state index contributed by atoms with van der Waals surface area (Å²) in [5.74, 6) is 0. The molecule has 0 aliphatic heterocycles. The van der Waals surface area contributed by atoms with Crippen LogP contribution in [0.5, 0.6) is 0 Å². The molecule has 0 saturated heterocycles. The van der Waals surface area contributed by atoms with Gasteiger partial charge in [0.15, 0.2) is 6.29 Å². The van der Waals surface area contributed by atoms with Gasteiger partial charge in [-0.2, -0.15) is 11.3 Å². The molecule has 0 amide bonds. The van der Waals surface area contributed by atoms with Crippen molar-refractivity contribution in [1.82, 2.24) is 4.31 Å². The van der Waals surface area contributed by atoms with E-state index in [9.17, 15) is 0 Å². The number of hydrogen-bond acceptors (Lipinski definition) is 5. The maximum absolute atomic E-state index is 5.17. The molecule has 3 nitrogen and oxygen atoms in total. The first kappa shape index (κ1) is 13.7. The van der Waals surface area contributed by atoms with Gasteiger partial charge in [0.05, 0.1) is 6.54 Å². The molecule has 0 radical (unpaired) electrons. The predicted octanol–water partition coefficient (Wildman–Crippen LogP) is 3.17. The molecule has 0 fully saturated rings. The average molecular weight is 359 g/mol. The van der Waals surface area contributed by atoms with Gasteiger partial charge in [-0.25, -0.2) is 4.31 Å². The van der Waals surface area contributed by atoms with E-state index < -0.39 is 0 Å². The molecule has 1 aromatic rings. The van der Waals surface area contributed by atoms with Crippen molar-refractivity contribution in [3.05, 3.63) is 22.4 Å². The summed E-state index contributed by atoms with van der Waals surface area (Å²) in [7, 11) is 5.00. The highest BCUT2D eigenvalue weighted by molar-refractivity contribution is 14.2. The predicted molar refractivity (Wildman–Crippen MR) is 74.1 cm³/mol. The number of methoxy groups -OCH3 is 2. The normalized spacial score (nSPS) is 11.5. The molecule has 86 valence electrons. The fourth-order valence-electron chi connectivity index (χ4n) is 1.11. The summed E-state index contributed by atoms with van der Waals surface area (Å²) in [5.41, 5.74) is 1.33. The van der Waals surface area contributed by atoms with Gasteiger partial charge in [-0.1, -0.05) is 0 Å². The summed E-state index contributed by atoms with van der Waals surface area (Å²) in [6.07, 6.45) is -0.161. The summed E-state index contributed by atoms with van der Waals surface area (Å²) in [6, 6.07) is 2.14. The summed E-state index contributed by atoms with van der Waals surface area (Å²) in [5, 5.41) is 4.25. The molecule has 0 saturated carbocycles. The third kappa shape index (κ3) is 5.01. The molecule has 0 atom stereocenters. The van der Waals surface area contributed by atoms with Gasteiger partial charge in [0, 0.05) is 42.0 Å². The van der Waals surface area contributed by atoms with E-state index in [0.29, 0.717) is 0 Å². The van der Waals surface area contributed by atoms with Crippen LogP contribution in [0, 0.1) is 0 Å². The van der Waals surface area contributed by atoms with E-state index in [-0.39, 0.29) is 6.29 Å². The topological polar surface area (TPSA) is 21.7 Å². The highest BCUT2D eigenvalue weighted by Gasteiger charge is 2.13. The van der Waals surface area contributed by atoms with Crippen molar-refractivity contribution in [3.63, 3.8) is 0 Å². The van der Waals surface area contributed by atoms with Crippen LogP contribution in [0.3, 0.4) is 0 Å². The van der Waals surface area contributed by atoms with Gasteiger partial charge in [0.1, 0.15) is 0 Å². The van der Waals surface area contributed by atoms with Crippen LogP contribution in [0.1, 0.15) is 5.56 Å². The molecule has 0 aromatic carbocycles. The minimum Gasteiger partial charge on any atom is -0.355 e. The van der Waals surface area contributed by atoms with E-state index in [0.717, 1.165) is 13.1 Å². The zero-order valence-corrected chi connectivity index (χ0v) is 12.5. The number of halogens is 1. The Morgan fingerprint density at radius 3 is 2.73 bits per heavy atom. The van der Waals surface area contributed by atoms with Crippen LogP contribution in [-0.4, -0.2) is 31.4 Å². The first-order chi connectivity index (χ1) is 7.30. The third-order valence-corrected chi connectivity index (χ3v) is 4.79. The fraction of sp³-hybridized carbons (Fsp3) is 0.556. The lowest BCUT2D eigenvalue weighted by Crippen LogP contribution is -2.28. The zero-order chi connectivity index (χ0) is 11.1. The van der Waals surface area contributed by atoms with Crippen LogP contribution in [0.25, 0.3) is 0 Å². The minimum absolute atomic E-state index is 0.161. The molecule has 0 spiro atoms. The lowest BCUT2D eigenvalue weighted by Gasteiger charge is -2.22. The summed E-state index contributed by atoms with van der Waals surface area (Å²) >= 11 is 4.00. The van der Waals surface area contributed by atoms with Gasteiger partial charge in [-0.15, -0.1) is 0 Å². The van der Waals surface area contributed by atoms with E-state index in [4.69, 9.17) is 9.47 Å². The van der Waals surface area contributed by atoms with Crippen LogP contribution in [0.2, 0.25) is 0 Å². The molecule has 6 heteroatoms. The second-order valence-corrected chi connectivity index (χ2v) is 5.54. The zero-order valence-electron chi connectivity index (χ0n) is 8.68. The second kappa shape index (κ2) is 7.86. The lowest BCUT2D eigenvalue weighted by molar-refractivity contribution is -0.107. The Bertz CT molecular complexity index is 255. The minimum atomic E-state index is -0.161. The van der Waals surface area contributed by atoms with Gasteiger partial charge in [-0.05, 0) is 31.5 Å². The maximum atomic E-state index is 5.17. The molecule has 1 heterocycles. The Balaban J connectivity index is 2.42. The SMILES string of the molecule is COC(CN(Cc1ccsc1)SI)OC. The van der Waals surface area contributed by atoms with Gasteiger partial charge in [0.25, 0.3) is 0 Å². The van der Waals surface area contributed by atoms with E-state index in [2.05, 4.69) is 42.3 Å². The Labute approximate surface area is 111 Å². The third-order valence-electron chi connectivity index (χ3n) is 1.92. The van der Waals surface area contributed by atoms with Crippen molar-refractivity contribution in [2.45, 2.75) is 12.8 Å². The number of thiophene rings is 1. The molecule has 0 unspecified atom stereocenters. The molecule has 0 N–H and O–H groups in total. The quantitative estimate of drug-likeness (QED) is 0.424. The first-order valence-electron chi connectivity index (χ1n) is 4.40. The Kier molecular flexibility index (Phi) is 7.19. The van der Waals surface area contributed by atoms with Crippen molar-refractivity contribution >= 4 is 41.7 Å². The van der Waals surface area contributed by atoms with Gasteiger partial charge < -0.3 is 9.47 Å². The second-order valence-electron chi connectivity index (χ2n) is 2.92. The van der Waals surface area contributed by atoms with Crippen molar-refractivity contribution in [2.75, 3.05) is 20.8 Å². The number of rotatable bonds is 7. The van der Waals surface area contributed by atoms with E-state index in [1.54, 1.807) is 34.7 Å². The van der Waals surface area contributed by atoms with E-state index >= 15 is 0 Å². The highest BCUT2D eigenvalue weighted by atomic mass is 127. The van der Waals surface area contributed by atoms with Gasteiger partial charge >= 0.3 is 0 Å². The molecule has 0 bridgehead atoms. The van der Waals surface area contributed by atoms with Crippen LogP contribution < -0.4 is 0 Å². The number of ether oxygens (including phenoxy) is 2. The van der Waals surface area contributed by atoms with E-state index in [1.807, 2.05) is 0 Å². The van der Waals surface area contributed by atoms with Crippen molar-refractivity contribution in [2.24, 2.45) is 0 Å². The van der Waals surface area contributed by atoms with Crippen LogP contribution in [0.15, 0.2) is 16.8 Å². The molecular weight excluding hydrogens is 345 g/mol. The smallest absolute Gasteiger partial charge is 0.170 e. The standard InChI is InChI=1S/C9H14INO2S2/c1-12-9(13-2)6-11(15-10)5-8-3-4-14-7-8/h3-4,7,9H,5-6H2,1-2H3.